The zero-order valence-corrected chi connectivity index (χ0v) is 19.9. The molecule has 0 spiro atoms. The summed E-state index contributed by atoms with van der Waals surface area (Å²) >= 11 is 0. The van der Waals surface area contributed by atoms with E-state index in [9.17, 15) is 14.0 Å². The van der Waals surface area contributed by atoms with E-state index in [0.29, 0.717) is 77.1 Å². The van der Waals surface area contributed by atoms with Gasteiger partial charge in [0.1, 0.15) is 5.82 Å². The average Bonchev–Trinajstić information content (AvgIpc) is 3.28. The molecule has 0 saturated carbocycles. The molecule has 0 unspecified atom stereocenters. The molecule has 2 aromatic carbocycles. The Hall–Kier alpha value is -3.05. The van der Waals surface area contributed by atoms with Crippen molar-refractivity contribution in [3.05, 3.63) is 65.0 Å². The highest BCUT2D eigenvalue weighted by atomic mass is 19.1. The Labute approximate surface area is 204 Å². The number of nitrogens with zero attached hydrogens (tertiary/aromatic N) is 1. The fourth-order valence-electron chi connectivity index (χ4n) is 3.44. The van der Waals surface area contributed by atoms with Crippen molar-refractivity contribution in [2.45, 2.75) is 13.1 Å². The van der Waals surface area contributed by atoms with E-state index in [1.165, 1.54) is 12.1 Å². The fraction of sp³-hybridized carbons (Fsp3) is 0.440. The number of carbonyl (C=O) groups excluding carboxylic acids is 2. The number of rotatable bonds is 14. The van der Waals surface area contributed by atoms with Gasteiger partial charge in [-0.05, 0) is 47.5 Å². The van der Waals surface area contributed by atoms with Crippen LogP contribution in [0, 0.1) is 5.82 Å². The summed E-state index contributed by atoms with van der Waals surface area (Å²) in [6.07, 6.45) is 0. The van der Waals surface area contributed by atoms with Gasteiger partial charge in [0, 0.05) is 38.0 Å². The molecule has 0 aliphatic carbocycles. The summed E-state index contributed by atoms with van der Waals surface area (Å²) in [4.78, 5) is 26.4. The minimum atomic E-state index is -0.309. The molecule has 0 bridgehead atoms. The first-order chi connectivity index (χ1) is 17.1. The maximum atomic E-state index is 13.4. The maximum absolute atomic E-state index is 13.4. The number of halogens is 1. The number of urea groups is 1. The van der Waals surface area contributed by atoms with E-state index in [0.717, 1.165) is 11.1 Å². The van der Waals surface area contributed by atoms with Crippen LogP contribution in [0.25, 0.3) is 0 Å². The summed E-state index contributed by atoms with van der Waals surface area (Å²) in [7, 11) is 1.62. The first kappa shape index (κ1) is 26.6. The second-order valence-electron chi connectivity index (χ2n) is 7.86. The number of amides is 3. The Balaban J connectivity index is 1.27. The number of ether oxygens (including phenoxy) is 4. The van der Waals surface area contributed by atoms with Gasteiger partial charge in [0.2, 0.25) is 0 Å². The van der Waals surface area contributed by atoms with Crippen LogP contribution in [0.4, 0.5) is 14.9 Å². The van der Waals surface area contributed by atoms with E-state index in [-0.39, 0.29) is 17.8 Å². The molecule has 1 aliphatic heterocycles. The number of hydrogen-bond donors (Lipinski definition) is 2. The number of anilines is 1. The van der Waals surface area contributed by atoms with Gasteiger partial charge in [0.15, 0.2) is 0 Å². The smallest absolute Gasteiger partial charge is 0.322 e. The third kappa shape index (κ3) is 8.91. The largest absolute Gasteiger partial charge is 0.382 e. The predicted molar refractivity (Wildman–Crippen MR) is 128 cm³/mol. The molecule has 1 aliphatic rings. The van der Waals surface area contributed by atoms with Crippen molar-refractivity contribution >= 4 is 17.6 Å². The summed E-state index contributed by atoms with van der Waals surface area (Å²) in [5.74, 6) is -0.538. The Bertz CT molecular complexity index is 957. The normalized spacial score (nSPS) is 12.5. The van der Waals surface area contributed by atoms with Crippen molar-refractivity contribution in [3.8, 4) is 0 Å². The van der Waals surface area contributed by atoms with E-state index < -0.39 is 0 Å². The van der Waals surface area contributed by atoms with Crippen molar-refractivity contribution < 1.29 is 32.9 Å². The molecule has 2 aromatic rings. The van der Waals surface area contributed by atoms with Gasteiger partial charge in [-0.15, -0.1) is 0 Å². The van der Waals surface area contributed by atoms with Gasteiger partial charge >= 0.3 is 6.03 Å². The molecule has 3 amide bonds. The summed E-state index contributed by atoms with van der Waals surface area (Å²) in [6.45, 7) is 4.52. The standard InChI is InChI=1S/C25H32FN3O6/c1-32-10-11-34-14-15-35-13-12-33-9-8-27-24(30)19-3-6-23(7-4-19)28-25(31)29-17-20-2-5-22(26)16-21(20)18-29/h2-7,16H,8-15,17-18H2,1H3,(H,27,30)(H,28,31). The number of hydrogen-bond acceptors (Lipinski definition) is 6. The van der Waals surface area contributed by atoms with Crippen LogP contribution >= 0.6 is 0 Å². The molecular formula is C25H32FN3O6. The van der Waals surface area contributed by atoms with E-state index in [1.807, 2.05) is 0 Å². The molecule has 0 fully saturated rings. The summed E-state index contributed by atoms with van der Waals surface area (Å²) in [5, 5.41) is 5.60. The van der Waals surface area contributed by atoms with Gasteiger partial charge in [-0.2, -0.15) is 0 Å². The zero-order valence-electron chi connectivity index (χ0n) is 19.9. The maximum Gasteiger partial charge on any atom is 0.322 e. The van der Waals surface area contributed by atoms with Gasteiger partial charge in [0.05, 0.1) is 46.2 Å². The Morgan fingerprint density at radius 3 is 2.17 bits per heavy atom. The molecule has 35 heavy (non-hydrogen) atoms. The first-order valence-electron chi connectivity index (χ1n) is 11.5. The monoisotopic (exact) mass is 489 g/mol. The summed E-state index contributed by atoms with van der Waals surface area (Å²) in [6, 6.07) is 10.9. The quantitative estimate of drug-likeness (QED) is 0.396. The molecule has 9 nitrogen and oxygen atoms in total. The van der Waals surface area contributed by atoms with E-state index in [4.69, 9.17) is 18.9 Å². The van der Waals surface area contributed by atoms with Crippen molar-refractivity contribution in [2.75, 3.05) is 65.2 Å². The molecule has 190 valence electrons. The predicted octanol–water partition coefficient (Wildman–Crippen LogP) is 2.80. The second kappa shape index (κ2) is 14.4. The number of carbonyl (C=O) groups is 2. The second-order valence-corrected chi connectivity index (χ2v) is 7.86. The molecule has 0 atom stereocenters. The summed E-state index contributed by atoms with van der Waals surface area (Å²) in [5.41, 5.74) is 2.80. The van der Waals surface area contributed by atoms with Gasteiger partial charge in [-0.25, -0.2) is 9.18 Å². The molecule has 2 N–H and O–H groups in total. The van der Waals surface area contributed by atoms with Crippen molar-refractivity contribution in [2.24, 2.45) is 0 Å². The van der Waals surface area contributed by atoms with Gasteiger partial charge in [-0.3, -0.25) is 4.79 Å². The topological polar surface area (TPSA) is 98.4 Å². The lowest BCUT2D eigenvalue weighted by molar-refractivity contribution is 0.00415. The highest BCUT2D eigenvalue weighted by Crippen LogP contribution is 2.24. The number of fused-ring (bicyclic) bond motifs is 1. The lowest BCUT2D eigenvalue weighted by Gasteiger charge is -2.16. The molecular weight excluding hydrogens is 457 g/mol. The minimum Gasteiger partial charge on any atom is -0.382 e. The van der Waals surface area contributed by atoms with Crippen LogP contribution in [0.3, 0.4) is 0 Å². The van der Waals surface area contributed by atoms with E-state index in [1.54, 1.807) is 42.3 Å². The number of methoxy groups -OCH3 is 1. The Morgan fingerprint density at radius 2 is 1.49 bits per heavy atom. The van der Waals surface area contributed by atoms with Gasteiger partial charge in [0.25, 0.3) is 5.91 Å². The van der Waals surface area contributed by atoms with Crippen molar-refractivity contribution in [3.63, 3.8) is 0 Å². The number of benzene rings is 2. The Morgan fingerprint density at radius 1 is 0.857 bits per heavy atom. The third-order valence-corrected chi connectivity index (χ3v) is 5.28. The van der Waals surface area contributed by atoms with E-state index in [2.05, 4.69) is 10.6 Å². The summed E-state index contributed by atoms with van der Waals surface area (Å²) < 4.78 is 34.4. The van der Waals surface area contributed by atoms with Crippen LogP contribution in [0.1, 0.15) is 21.5 Å². The molecule has 1 heterocycles. The van der Waals surface area contributed by atoms with Crippen LogP contribution in [0.2, 0.25) is 0 Å². The fourth-order valence-corrected chi connectivity index (χ4v) is 3.44. The highest BCUT2D eigenvalue weighted by Gasteiger charge is 2.23. The van der Waals surface area contributed by atoms with Crippen molar-refractivity contribution in [1.29, 1.82) is 0 Å². The van der Waals surface area contributed by atoms with Crippen LogP contribution < -0.4 is 10.6 Å². The SMILES string of the molecule is COCCOCCOCCOCCNC(=O)c1ccc(NC(=O)N2Cc3ccc(F)cc3C2)cc1. The highest BCUT2D eigenvalue weighted by molar-refractivity contribution is 5.95. The lowest BCUT2D eigenvalue weighted by atomic mass is 10.1. The molecule has 10 heteroatoms. The molecule has 3 rings (SSSR count). The lowest BCUT2D eigenvalue weighted by Crippen LogP contribution is -2.30. The van der Waals surface area contributed by atoms with Crippen LogP contribution in [0.5, 0.6) is 0 Å². The first-order valence-corrected chi connectivity index (χ1v) is 11.5. The van der Waals surface area contributed by atoms with Crippen LogP contribution in [0.15, 0.2) is 42.5 Å². The molecule has 0 aromatic heterocycles. The van der Waals surface area contributed by atoms with Crippen molar-refractivity contribution in [1.82, 2.24) is 10.2 Å². The van der Waals surface area contributed by atoms with Gasteiger partial charge < -0.3 is 34.5 Å². The Kier molecular flexibility index (Phi) is 10.9. The van der Waals surface area contributed by atoms with Crippen LogP contribution in [-0.2, 0) is 32.0 Å². The van der Waals surface area contributed by atoms with Crippen LogP contribution in [-0.4, -0.2) is 76.7 Å². The zero-order chi connectivity index (χ0) is 24.9. The number of nitrogens with one attached hydrogen (secondary N) is 2. The molecule has 0 radical (unpaired) electrons. The van der Waals surface area contributed by atoms with E-state index >= 15 is 0 Å². The average molecular weight is 490 g/mol. The minimum absolute atomic E-state index is 0.229. The third-order valence-electron chi connectivity index (χ3n) is 5.28. The van der Waals surface area contributed by atoms with Gasteiger partial charge in [-0.1, -0.05) is 6.07 Å². The molecule has 0 saturated heterocycles.